The van der Waals surface area contributed by atoms with E-state index in [0.717, 1.165) is 22.6 Å². The lowest BCUT2D eigenvalue weighted by atomic mass is 10.0. The average Bonchev–Trinajstić information content (AvgIpc) is 3.10. The van der Waals surface area contributed by atoms with Gasteiger partial charge < -0.3 is 10.1 Å². The van der Waals surface area contributed by atoms with Crippen molar-refractivity contribution in [3.8, 4) is 5.75 Å². The second kappa shape index (κ2) is 6.38. The van der Waals surface area contributed by atoms with Crippen LogP contribution in [0, 0.1) is 0 Å². The Kier molecular flexibility index (Phi) is 4.07. The second-order valence-electron chi connectivity index (χ2n) is 5.46. The molecule has 0 amide bonds. The number of hydrogen-bond acceptors (Lipinski definition) is 5. The minimum atomic E-state index is -0.325. The number of hydrogen-bond donors (Lipinski definition) is 1. The Morgan fingerprint density at radius 2 is 1.88 bits per heavy atom. The van der Waals surface area contributed by atoms with Crippen LogP contribution in [0.15, 0.2) is 48.5 Å². The molecule has 2 aromatic carbocycles. The smallest absolute Gasteiger partial charge is 0.248 e. The second-order valence-corrected chi connectivity index (χ2v) is 6.28. The number of rotatable bonds is 3. The van der Waals surface area contributed by atoms with Crippen LogP contribution < -0.4 is 10.1 Å². The number of nitrogens with zero attached hydrogens (tertiary/aromatic N) is 4. The number of methoxy groups -OCH3 is 1. The van der Waals surface area contributed by atoms with Gasteiger partial charge in [0.25, 0.3) is 0 Å². The lowest BCUT2D eigenvalue weighted by Gasteiger charge is -2.25. The molecule has 25 heavy (non-hydrogen) atoms. The number of ether oxygens (including phenoxy) is 1. The van der Waals surface area contributed by atoms with Gasteiger partial charge in [0.2, 0.25) is 5.95 Å². The number of fused-ring (bicyclic) bond motifs is 1. The fourth-order valence-electron chi connectivity index (χ4n) is 2.81. The first-order valence-corrected chi connectivity index (χ1v) is 8.28. The first-order valence-electron chi connectivity index (χ1n) is 7.52. The van der Waals surface area contributed by atoms with Gasteiger partial charge in [-0.3, -0.25) is 0 Å². The van der Waals surface area contributed by atoms with E-state index in [4.69, 9.17) is 27.9 Å². The predicted molar refractivity (Wildman–Crippen MR) is 97.0 cm³/mol. The number of nitrogens with one attached hydrogen (secondary N) is 1. The highest BCUT2D eigenvalue weighted by molar-refractivity contribution is 6.36. The van der Waals surface area contributed by atoms with Gasteiger partial charge in [0.05, 0.1) is 7.11 Å². The van der Waals surface area contributed by atoms with Gasteiger partial charge in [-0.2, -0.15) is 4.68 Å². The van der Waals surface area contributed by atoms with Crippen molar-refractivity contribution in [3.05, 3.63) is 69.7 Å². The third kappa shape index (κ3) is 2.83. The Balaban J connectivity index is 1.86. The zero-order chi connectivity index (χ0) is 17.4. The maximum atomic E-state index is 6.40. The van der Waals surface area contributed by atoms with Crippen LogP contribution in [0.3, 0.4) is 0 Å². The molecular weight excluding hydrogens is 361 g/mol. The summed E-state index contributed by atoms with van der Waals surface area (Å²) in [6.45, 7) is 0. The molecule has 6 nitrogen and oxygen atoms in total. The largest absolute Gasteiger partial charge is 0.497 e. The van der Waals surface area contributed by atoms with Crippen LogP contribution in [0.25, 0.3) is 5.70 Å². The van der Waals surface area contributed by atoms with Crippen LogP contribution in [0.5, 0.6) is 5.75 Å². The third-order valence-electron chi connectivity index (χ3n) is 4.00. The molecular formula is C17H13Cl2N5O. The number of anilines is 1. The summed E-state index contributed by atoms with van der Waals surface area (Å²) in [7, 11) is 1.63. The maximum Gasteiger partial charge on any atom is 0.248 e. The molecule has 0 saturated carbocycles. The van der Waals surface area contributed by atoms with E-state index < -0.39 is 0 Å². The fraction of sp³-hybridized carbons (Fsp3) is 0.118. The predicted octanol–water partition coefficient (Wildman–Crippen LogP) is 4.04. The van der Waals surface area contributed by atoms with E-state index in [2.05, 4.69) is 20.8 Å². The molecule has 1 atom stereocenters. The van der Waals surface area contributed by atoms with E-state index in [0.29, 0.717) is 16.0 Å². The van der Waals surface area contributed by atoms with Gasteiger partial charge in [0.15, 0.2) is 0 Å². The van der Waals surface area contributed by atoms with Gasteiger partial charge in [-0.25, -0.2) is 0 Å². The minimum Gasteiger partial charge on any atom is -0.497 e. The van der Waals surface area contributed by atoms with Crippen LogP contribution in [-0.2, 0) is 0 Å². The standard InChI is InChI=1S/C17H13Cl2N5O/c1-25-11-5-2-4-10(8-11)14-9-15(24-17(20-14)21-22-23-24)16-12(18)6-3-7-13(16)19/h2-9,15H,1H3,(H,20,21,23)/t15-/m0/s1. The van der Waals surface area contributed by atoms with Crippen molar-refractivity contribution in [2.24, 2.45) is 0 Å². The molecule has 0 unspecified atom stereocenters. The monoisotopic (exact) mass is 373 g/mol. The van der Waals surface area contributed by atoms with Crippen molar-refractivity contribution in [1.29, 1.82) is 0 Å². The molecule has 4 rings (SSSR count). The molecule has 126 valence electrons. The quantitative estimate of drug-likeness (QED) is 0.750. The molecule has 0 spiro atoms. The molecule has 0 aliphatic carbocycles. The van der Waals surface area contributed by atoms with Crippen LogP contribution in [0.1, 0.15) is 17.2 Å². The van der Waals surface area contributed by atoms with Crippen LogP contribution in [-0.4, -0.2) is 27.3 Å². The summed E-state index contributed by atoms with van der Waals surface area (Å²) in [5.74, 6) is 1.28. The van der Waals surface area contributed by atoms with Crippen molar-refractivity contribution in [3.63, 3.8) is 0 Å². The normalized spacial score (nSPS) is 16.0. The summed E-state index contributed by atoms with van der Waals surface area (Å²) in [5, 5.41) is 16.2. The Morgan fingerprint density at radius 3 is 2.64 bits per heavy atom. The summed E-state index contributed by atoms with van der Waals surface area (Å²) in [5.41, 5.74) is 2.55. The highest BCUT2D eigenvalue weighted by Gasteiger charge is 2.27. The molecule has 3 aromatic rings. The van der Waals surface area contributed by atoms with Gasteiger partial charge in [0.1, 0.15) is 11.8 Å². The van der Waals surface area contributed by atoms with Crippen molar-refractivity contribution in [2.75, 3.05) is 12.4 Å². The molecule has 0 fully saturated rings. The zero-order valence-corrected chi connectivity index (χ0v) is 14.7. The molecule has 0 saturated heterocycles. The Morgan fingerprint density at radius 1 is 1.12 bits per heavy atom. The van der Waals surface area contributed by atoms with Crippen LogP contribution in [0.2, 0.25) is 10.0 Å². The topological polar surface area (TPSA) is 64.9 Å². The summed E-state index contributed by atoms with van der Waals surface area (Å²) < 4.78 is 6.96. The number of halogens is 2. The Labute approximate surface area is 154 Å². The molecule has 1 aliphatic heterocycles. The van der Waals surface area contributed by atoms with Gasteiger partial charge in [-0.1, -0.05) is 46.5 Å². The first kappa shape index (κ1) is 15.9. The van der Waals surface area contributed by atoms with Crippen molar-refractivity contribution >= 4 is 34.8 Å². The van der Waals surface area contributed by atoms with Crippen molar-refractivity contribution in [1.82, 2.24) is 20.2 Å². The van der Waals surface area contributed by atoms with Gasteiger partial charge >= 0.3 is 0 Å². The van der Waals surface area contributed by atoms with Gasteiger partial charge in [-0.15, -0.1) is 0 Å². The van der Waals surface area contributed by atoms with Gasteiger partial charge in [0, 0.05) is 26.9 Å². The van der Waals surface area contributed by atoms with E-state index in [1.807, 2.05) is 36.4 Å². The van der Waals surface area contributed by atoms with Crippen LogP contribution in [0.4, 0.5) is 5.95 Å². The lowest BCUT2D eigenvalue weighted by Crippen LogP contribution is -2.20. The highest BCUT2D eigenvalue weighted by Crippen LogP contribution is 2.38. The average molecular weight is 374 g/mol. The summed E-state index contributed by atoms with van der Waals surface area (Å²) in [4.78, 5) is 0. The van der Waals surface area contributed by atoms with E-state index in [-0.39, 0.29) is 6.04 Å². The van der Waals surface area contributed by atoms with Crippen molar-refractivity contribution < 1.29 is 4.74 Å². The highest BCUT2D eigenvalue weighted by atomic mass is 35.5. The molecule has 2 heterocycles. The summed E-state index contributed by atoms with van der Waals surface area (Å²) >= 11 is 12.8. The van der Waals surface area contributed by atoms with Crippen molar-refractivity contribution in [2.45, 2.75) is 6.04 Å². The SMILES string of the molecule is COc1cccc(C2=C[C@@H](c3c(Cl)cccc3Cl)n3nnnc3N2)c1. The summed E-state index contributed by atoms with van der Waals surface area (Å²) in [6, 6.07) is 12.8. The summed E-state index contributed by atoms with van der Waals surface area (Å²) in [6.07, 6.45) is 1.99. The number of tetrazole rings is 1. The first-order chi connectivity index (χ1) is 12.2. The Bertz CT molecular complexity index is 949. The zero-order valence-electron chi connectivity index (χ0n) is 13.1. The van der Waals surface area contributed by atoms with E-state index >= 15 is 0 Å². The number of aromatic nitrogens is 4. The van der Waals surface area contributed by atoms with E-state index in [1.165, 1.54) is 0 Å². The van der Waals surface area contributed by atoms with Gasteiger partial charge in [-0.05, 0) is 40.8 Å². The van der Waals surface area contributed by atoms with E-state index in [9.17, 15) is 0 Å². The molecule has 0 radical (unpaired) electrons. The molecule has 1 aromatic heterocycles. The third-order valence-corrected chi connectivity index (χ3v) is 4.66. The fourth-order valence-corrected chi connectivity index (χ4v) is 3.43. The number of allylic oxidation sites excluding steroid dienone is 1. The Hall–Kier alpha value is -2.57. The molecule has 8 heteroatoms. The molecule has 1 N–H and O–H groups in total. The maximum absolute atomic E-state index is 6.40. The minimum absolute atomic E-state index is 0.325. The molecule has 1 aliphatic rings. The number of benzene rings is 2. The van der Waals surface area contributed by atoms with E-state index in [1.54, 1.807) is 23.9 Å². The molecule has 0 bridgehead atoms. The van der Waals surface area contributed by atoms with Crippen LogP contribution >= 0.6 is 23.2 Å². The lowest BCUT2D eigenvalue weighted by molar-refractivity contribution is 0.414.